The van der Waals surface area contributed by atoms with Crippen LogP contribution in [-0.2, 0) is 30.1 Å². The zero-order chi connectivity index (χ0) is 87.2. The Morgan fingerprint density at radius 3 is 0.772 bits per heavy atom. The second-order valence-electron chi connectivity index (χ2n) is 26.9. The number of anilines is 4. The molecule has 2 aliphatic rings. The SMILES string of the molecule is Nc1nc(N2CC(O)C2)nnc1-c1cccc(Cl)c1Cl.Nc1nc(N2CC(O)C2)nnc1Cl.O=CO[O-].OB(O)c1cccc(Cl)c1Cl.[Cs+].[Cs+].[H-].[Pd].c1ccc(P(c2ccccc2)c2ccccc2)cc1.c1ccc(P(c2ccccc2)c2ccccc2)cc1.c1ccc(P(c2ccccc2)c2ccccc2)cc1.c1ccc(P(c2ccccc2)c2ccccc2)cc1. The summed E-state index contributed by atoms with van der Waals surface area (Å²) >= 11 is 28.9. The molecule has 0 saturated carbocycles. The van der Waals surface area contributed by atoms with Gasteiger partial charge in [-0.25, -0.2) is 0 Å². The number of nitrogens with zero attached hydrogens (tertiary/aromatic N) is 8. The number of aliphatic hydroxyl groups excluding tert-OH is 2. The monoisotopic (exact) mass is 2180 g/mol. The van der Waals surface area contributed by atoms with Crippen molar-refractivity contribution in [2.45, 2.75) is 12.2 Å². The molecule has 0 spiro atoms. The van der Waals surface area contributed by atoms with E-state index in [0.29, 0.717) is 64.4 Å². The molecule has 2 aliphatic heterocycles. The molecule has 14 aromatic carbocycles. The van der Waals surface area contributed by atoms with Gasteiger partial charge in [0.25, 0.3) is 6.47 Å². The van der Waals surface area contributed by atoms with Gasteiger partial charge in [0.1, 0.15) is 5.69 Å². The third kappa shape index (κ3) is 32.8. The van der Waals surface area contributed by atoms with Gasteiger partial charge in [0.2, 0.25) is 11.9 Å². The van der Waals surface area contributed by atoms with Crippen molar-refractivity contribution in [3.05, 3.63) is 426 Å². The molecule has 0 amide bonds. The Kier molecular flexibility index (Phi) is 48.2. The van der Waals surface area contributed by atoms with Crippen LogP contribution in [0.25, 0.3) is 11.3 Å². The molecule has 0 radical (unpaired) electrons. The van der Waals surface area contributed by atoms with Gasteiger partial charge in [-0.05, 0) is 107 Å². The Morgan fingerprint density at radius 1 is 0.346 bits per heavy atom. The predicted octanol–water partition coefficient (Wildman–Crippen LogP) is 7.90. The topological polar surface area (TPSA) is 266 Å². The quantitative estimate of drug-likeness (QED) is 0.0166. The number of carbonyl (C=O) groups is 1. The van der Waals surface area contributed by atoms with Gasteiger partial charge in [0.05, 0.1) is 32.3 Å². The molecule has 127 heavy (non-hydrogen) atoms. The number of nitrogens with two attached hydrogens (primary N) is 2. The molecule has 8 N–H and O–H groups in total. The largest absolute Gasteiger partial charge is 1.00 e. The van der Waals surface area contributed by atoms with Crippen LogP contribution in [-0.4, -0.2) is 103 Å². The number of benzene rings is 14. The van der Waals surface area contributed by atoms with Crippen LogP contribution >= 0.6 is 89.7 Å². The van der Waals surface area contributed by atoms with Gasteiger partial charge >= 0.3 is 145 Å². The first-order chi connectivity index (χ1) is 60.6. The van der Waals surface area contributed by atoms with E-state index in [1.165, 1.54) is 69.7 Å². The van der Waals surface area contributed by atoms with Gasteiger partial charge < -0.3 is 53.1 Å². The number of hydrogen-bond donors (Lipinski definition) is 6. The Balaban J connectivity index is 0.000000203. The second kappa shape index (κ2) is 57.8. The number of hydrogen-bond acceptors (Lipinski definition) is 17. The first-order valence-corrected chi connectivity index (χ1v) is 46.1. The molecule has 636 valence electrons. The van der Waals surface area contributed by atoms with Crippen LogP contribution in [0.4, 0.5) is 23.5 Å². The summed E-state index contributed by atoms with van der Waals surface area (Å²) in [6, 6.07) is 139. The first-order valence-electron chi connectivity index (χ1n) is 38.9. The van der Waals surface area contributed by atoms with Crippen LogP contribution < -0.4 is 233 Å². The molecule has 18 rings (SSSR count). The molecule has 2 saturated heterocycles. The van der Waals surface area contributed by atoms with Crippen LogP contribution in [0.5, 0.6) is 0 Å². The summed E-state index contributed by atoms with van der Waals surface area (Å²) in [7, 11) is -3.35. The van der Waals surface area contributed by atoms with Crippen molar-refractivity contribution >= 4 is 196 Å². The minimum absolute atomic E-state index is 0. The Hall–Kier alpha value is -6.43. The molecule has 17 nitrogen and oxygen atoms in total. The van der Waals surface area contributed by atoms with Crippen molar-refractivity contribution in [1.82, 2.24) is 30.4 Å². The molecular weight excluding hydrogens is 2100 g/mol. The van der Waals surface area contributed by atoms with Crippen molar-refractivity contribution in [2.24, 2.45) is 0 Å². The summed E-state index contributed by atoms with van der Waals surface area (Å²) in [6.45, 7) is 1.82. The van der Waals surface area contributed by atoms with E-state index in [1.54, 1.807) is 40.1 Å². The molecule has 2 aromatic heterocycles. The van der Waals surface area contributed by atoms with Gasteiger partial charge in [0, 0.05) is 57.6 Å². The zero-order valence-corrected chi connectivity index (χ0v) is 90.5. The van der Waals surface area contributed by atoms with E-state index in [2.05, 4.69) is 399 Å². The Morgan fingerprint density at radius 2 is 0.567 bits per heavy atom. The fourth-order valence-electron chi connectivity index (χ4n) is 12.5. The molecule has 0 bridgehead atoms. The molecule has 30 heteroatoms. The van der Waals surface area contributed by atoms with E-state index >= 15 is 0 Å². The fourth-order valence-corrected chi connectivity index (χ4v) is 22.6. The van der Waals surface area contributed by atoms with Crippen LogP contribution in [0.15, 0.2) is 400 Å². The molecular formula is C97H86BCl5Cs2N10O7P4Pd. The predicted molar refractivity (Wildman–Crippen MR) is 521 cm³/mol. The van der Waals surface area contributed by atoms with E-state index in [4.69, 9.17) is 94.7 Å². The van der Waals surface area contributed by atoms with Crippen molar-refractivity contribution in [3.8, 4) is 11.3 Å². The molecule has 4 heterocycles. The van der Waals surface area contributed by atoms with Crippen LogP contribution in [0, 0.1) is 0 Å². The van der Waals surface area contributed by atoms with Gasteiger partial charge in [-0.2, -0.15) is 9.97 Å². The average molecular weight is 2190 g/mol. The summed E-state index contributed by atoms with van der Waals surface area (Å²) in [4.78, 5) is 22.9. The minimum atomic E-state index is -1.57. The maximum atomic E-state index is 9.27. The number of rotatable bonds is 17. The van der Waals surface area contributed by atoms with E-state index in [9.17, 15) is 5.11 Å². The second-order valence-corrected chi connectivity index (χ2v) is 37.7. The standard InChI is InChI=1S/4C18H15P.C12H11Cl2N5O.C6H5BCl2O2.C6H8ClN5O.CH2O3.2Cs.Pd.H/c4*1-4-10-16(11-5-1)19(17-12-6-2-7-13-17)18-14-8-3-9-15-18;13-8-3-1-2-7(9(8)14)10-11(15)16-12(18-17-10)19-4-6(20)5-19;8-5-3-1-2-4(6(5)9)7(10)11;7-4-5(8)9-6(11-10-4)12-1-3(13)2-12;2-1-4-3;;;;/h4*1-15H;1-3,6,20H,4-5H2,(H2,15,16,18);1-3,10-11H;3,13H,1-2H2,(H2,8,9,11);1,3H;;;;/q;;;;;;;;2*+1;;-1/p-1. The van der Waals surface area contributed by atoms with E-state index in [0.717, 1.165) is 0 Å². The fraction of sp³-hybridized carbons (Fsp3) is 0.0619. The summed E-state index contributed by atoms with van der Waals surface area (Å²) in [6.07, 6.45) is -0.651. The third-order valence-corrected chi connectivity index (χ3v) is 30.0. The number of halogens is 5. The van der Waals surface area contributed by atoms with E-state index in [-0.39, 0.29) is 206 Å². The number of nitrogen functional groups attached to an aromatic ring is 2. The third-order valence-electron chi connectivity index (χ3n) is 18.3. The van der Waals surface area contributed by atoms with Crippen LogP contribution in [0.1, 0.15) is 1.43 Å². The molecule has 0 unspecified atom stereocenters. The summed E-state index contributed by atoms with van der Waals surface area (Å²) in [5.41, 5.74) is 12.6. The van der Waals surface area contributed by atoms with Gasteiger partial charge in [-0.3, -0.25) is 4.79 Å². The van der Waals surface area contributed by atoms with Crippen LogP contribution in [0.2, 0.25) is 25.2 Å². The maximum absolute atomic E-state index is 9.27. The van der Waals surface area contributed by atoms with Crippen molar-refractivity contribution in [2.75, 3.05) is 47.4 Å². The maximum Gasteiger partial charge on any atom is 1.00 e. The van der Waals surface area contributed by atoms with Gasteiger partial charge in [-0.15, -0.1) is 20.4 Å². The van der Waals surface area contributed by atoms with Crippen molar-refractivity contribution in [1.29, 1.82) is 0 Å². The van der Waals surface area contributed by atoms with E-state index in [1.807, 2.05) is 0 Å². The number of β-amino-alcohol motifs (C(OH)–C–C–N with tert-alkyl or cyclic N) is 2. The smallest absolute Gasteiger partial charge is 1.00 e. The minimum Gasteiger partial charge on any atom is -1.00 e. The molecule has 16 aromatic rings. The molecule has 0 aliphatic carbocycles. The Bertz CT molecular complexity index is 5000. The number of aromatic nitrogens is 6. The first kappa shape index (κ1) is 106. The van der Waals surface area contributed by atoms with Gasteiger partial charge in [-0.1, -0.05) is 446 Å². The summed E-state index contributed by atoms with van der Waals surface area (Å²) in [5, 5.41) is 77.8. The normalized spacial score (nSPS) is 11.5. The Labute approximate surface area is 904 Å². The van der Waals surface area contributed by atoms with Crippen LogP contribution in [0.3, 0.4) is 0 Å². The van der Waals surface area contributed by atoms with Crippen molar-refractivity contribution in [3.63, 3.8) is 0 Å². The summed E-state index contributed by atoms with van der Waals surface area (Å²) in [5.74, 6) is 1.19. The number of aliphatic hydroxyl groups is 2. The zero-order valence-electron chi connectivity index (χ0n) is 70.0. The van der Waals surface area contributed by atoms with Gasteiger partial charge in [0.15, 0.2) is 16.8 Å². The molecule has 2 fully saturated rings. The van der Waals surface area contributed by atoms with E-state index < -0.39 is 38.8 Å². The van der Waals surface area contributed by atoms with Crippen molar-refractivity contribution < 1.29 is 195 Å². The average Bonchev–Trinajstić information content (AvgIpc) is 0.774. The summed E-state index contributed by atoms with van der Waals surface area (Å²) < 4.78 is 0. The molecule has 0 atom stereocenters. The number of carbonyl (C=O) groups excluding carboxylic acids is 1.